The standard InChI is InChI=1S/C30H35ClFN3O5S/c1-4-6-19-33-30(37)28(5-2)34(20-22-7-9-23(31)10-8-22)29(36)21-35(25-13-11-24(32)12-14-25)41(38,39)27-17-15-26(40-3)16-18-27/h7-18,28H,4-6,19-21H2,1-3H3,(H,33,37). The van der Waals surface area contributed by atoms with Crippen LogP contribution in [0.4, 0.5) is 10.1 Å². The number of carbonyl (C=O) groups excluding carboxylic acids is 2. The molecule has 3 aromatic rings. The van der Waals surface area contributed by atoms with Crippen LogP contribution in [-0.2, 0) is 26.2 Å². The van der Waals surface area contributed by atoms with E-state index in [1.165, 1.54) is 48.4 Å². The molecule has 220 valence electrons. The van der Waals surface area contributed by atoms with Crippen molar-refractivity contribution >= 4 is 39.1 Å². The second-order valence-electron chi connectivity index (χ2n) is 9.38. The van der Waals surface area contributed by atoms with Gasteiger partial charge in [-0.25, -0.2) is 12.8 Å². The van der Waals surface area contributed by atoms with Gasteiger partial charge in [0.1, 0.15) is 24.2 Å². The quantitative estimate of drug-likeness (QED) is 0.249. The van der Waals surface area contributed by atoms with Crippen LogP contribution in [0.1, 0.15) is 38.7 Å². The SMILES string of the molecule is CCCCNC(=O)C(CC)N(Cc1ccc(Cl)cc1)C(=O)CN(c1ccc(F)cc1)S(=O)(=O)c1ccc(OC)cc1. The Bertz CT molecular complexity index is 1400. The summed E-state index contributed by atoms with van der Waals surface area (Å²) in [4.78, 5) is 28.5. The summed E-state index contributed by atoms with van der Waals surface area (Å²) in [6.45, 7) is 3.69. The average molecular weight is 604 g/mol. The summed E-state index contributed by atoms with van der Waals surface area (Å²) >= 11 is 6.04. The number of amides is 2. The van der Waals surface area contributed by atoms with E-state index in [0.717, 1.165) is 29.3 Å². The van der Waals surface area contributed by atoms with E-state index in [4.69, 9.17) is 16.3 Å². The minimum atomic E-state index is -4.28. The van der Waals surface area contributed by atoms with Crippen LogP contribution in [0.3, 0.4) is 0 Å². The molecule has 0 aromatic heterocycles. The number of hydrogen-bond acceptors (Lipinski definition) is 5. The van der Waals surface area contributed by atoms with Gasteiger partial charge in [-0.2, -0.15) is 0 Å². The number of carbonyl (C=O) groups is 2. The Hall–Kier alpha value is -3.63. The van der Waals surface area contributed by atoms with Gasteiger partial charge in [-0.15, -0.1) is 0 Å². The molecule has 41 heavy (non-hydrogen) atoms. The van der Waals surface area contributed by atoms with Crippen molar-refractivity contribution in [2.45, 2.75) is 50.6 Å². The van der Waals surface area contributed by atoms with Gasteiger partial charge in [0.15, 0.2) is 0 Å². The van der Waals surface area contributed by atoms with Gasteiger partial charge in [-0.05, 0) is 79.1 Å². The molecule has 3 rings (SSSR count). The van der Waals surface area contributed by atoms with Crippen molar-refractivity contribution in [1.29, 1.82) is 0 Å². The maximum absolute atomic E-state index is 14.0. The molecule has 0 radical (unpaired) electrons. The molecule has 0 fully saturated rings. The number of benzene rings is 3. The van der Waals surface area contributed by atoms with E-state index >= 15 is 0 Å². The number of ether oxygens (including phenoxy) is 1. The number of halogens is 2. The van der Waals surface area contributed by atoms with Crippen molar-refractivity contribution < 1.29 is 27.1 Å². The summed E-state index contributed by atoms with van der Waals surface area (Å²) in [5.41, 5.74) is 0.816. The maximum atomic E-state index is 14.0. The molecule has 2 amide bonds. The van der Waals surface area contributed by atoms with Crippen LogP contribution >= 0.6 is 11.6 Å². The number of unbranched alkanes of at least 4 members (excludes halogenated alkanes) is 1. The van der Waals surface area contributed by atoms with Gasteiger partial charge >= 0.3 is 0 Å². The largest absolute Gasteiger partial charge is 0.497 e. The summed E-state index contributed by atoms with van der Waals surface area (Å²) in [5, 5.41) is 3.40. The number of rotatable bonds is 14. The molecule has 0 spiro atoms. The lowest BCUT2D eigenvalue weighted by Gasteiger charge is -2.33. The van der Waals surface area contributed by atoms with Crippen molar-refractivity contribution in [1.82, 2.24) is 10.2 Å². The number of sulfonamides is 1. The van der Waals surface area contributed by atoms with Gasteiger partial charge in [-0.1, -0.05) is 44.0 Å². The molecular weight excluding hydrogens is 569 g/mol. The Balaban J connectivity index is 2.02. The lowest BCUT2D eigenvalue weighted by Crippen LogP contribution is -2.52. The zero-order chi connectivity index (χ0) is 30.0. The van der Waals surface area contributed by atoms with E-state index < -0.39 is 34.3 Å². The van der Waals surface area contributed by atoms with Gasteiger partial charge in [0.05, 0.1) is 17.7 Å². The molecule has 0 aliphatic rings. The monoisotopic (exact) mass is 603 g/mol. The third kappa shape index (κ3) is 8.43. The van der Waals surface area contributed by atoms with E-state index in [2.05, 4.69) is 5.32 Å². The highest BCUT2D eigenvalue weighted by Crippen LogP contribution is 2.26. The maximum Gasteiger partial charge on any atom is 0.264 e. The van der Waals surface area contributed by atoms with Crippen molar-refractivity contribution in [3.8, 4) is 5.75 Å². The zero-order valence-electron chi connectivity index (χ0n) is 23.3. The number of anilines is 1. The highest BCUT2D eigenvalue weighted by Gasteiger charge is 2.33. The highest BCUT2D eigenvalue weighted by atomic mass is 35.5. The van der Waals surface area contributed by atoms with Crippen LogP contribution in [0.15, 0.2) is 77.7 Å². The van der Waals surface area contributed by atoms with Crippen LogP contribution in [0.25, 0.3) is 0 Å². The molecule has 11 heteroatoms. The van der Waals surface area contributed by atoms with Crippen molar-refractivity contribution in [2.24, 2.45) is 0 Å². The number of nitrogens with zero attached hydrogens (tertiary/aromatic N) is 2. The Morgan fingerprint density at radius 1 is 0.976 bits per heavy atom. The zero-order valence-corrected chi connectivity index (χ0v) is 24.9. The van der Waals surface area contributed by atoms with Crippen molar-refractivity contribution in [3.63, 3.8) is 0 Å². The fourth-order valence-electron chi connectivity index (χ4n) is 4.22. The summed E-state index contributed by atoms with van der Waals surface area (Å²) in [6.07, 6.45) is 1.98. The molecule has 8 nitrogen and oxygen atoms in total. The van der Waals surface area contributed by atoms with Crippen LogP contribution < -0.4 is 14.4 Å². The molecule has 0 heterocycles. The minimum Gasteiger partial charge on any atom is -0.497 e. The second kappa shape index (κ2) is 14.8. The summed E-state index contributed by atoms with van der Waals surface area (Å²) < 4.78 is 47.5. The van der Waals surface area contributed by atoms with Gasteiger partial charge < -0.3 is 15.0 Å². The molecule has 0 bridgehead atoms. The Morgan fingerprint density at radius 3 is 2.17 bits per heavy atom. The first-order valence-electron chi connectivity index (χ1n) is 13.3. The topological polar surface area (TPSA) is 96.0 Å². The number of hydrogen-bond donors (Lipinski definition) is 1. The molecule has 0 saturated carbocycles. The van der Waals surface area contributed by atoms with E-state index in [1.807, 2.05) is 6.92 Å². The Morgan fingerprint density at radius 2 is 1.61 bits per heavy atom. The van der Waals surface area contributed by atoms with Crippen LogP contribution in [0.2, 0.25) is 5.02 Å². The fraction of sp³-hybridized carbons (Fsp3) is 0.333. The third-order valence-corrected chi connectivity index (χ3v) is 8.56. The predicted molar refractivity (Wildman–Crippen MR) is 158 cm³/mol. The summed E-state index contributed by atoms with van der Waals surface area (Å²) in [5.74, 6) is -1.02. The minimum absolute atomic E-state index is 0.0511. The first kappa shape index (κ1) is 31.9. The lowest BCUT2D eigenvalue weighted by molar-refractivity contribution is -0.140. The molecule has 1 N–H and O–H groups in total. The molecule has 1 unspecified atom stereocenters. The molecule has 0 saturated heterocycles. The van der Waals surface area contributed by atoms with Crippen molar-refractivity contribution in [3.05, 3.63) is 89.2 Å². The van der Waals surface area contributed by atoms with Gasteiger partial charge in [0, 0.05) is 18.1 Å². The second-order valence-corrected chi connectivity index (χ2v) is 11.7. The smallest absolute Gasteiger partial charge is 0.264 e. The molecular formula is C30H35ClFN3O5S. The third-order valence-electron chi connectivity index (χ3n) is 6.52. The molecule has 1 atom stereocenters. The Labute approximate surface area is 246 Å². The molecule has 0 aliphatic heterocycles. The van der Waals surface area contributed by atoms with Gasteiger partial charge in [0.25, 0.3) is 10.0 Å². The lowest BCUT2D eigenvalue weighted by atomic mass is 10.1. The van der Waals surface area contributed by atoms with Crippen LogP contribution in [0, 0.1) is 5.82 Å². The normalized spacial score (nSPS) is 11.9. The molecule has 0 aliphatic carbocycles. The summed E-state index contributed by atoms with van der Waals surface area (Å²) in [6, 6.07) is 16.6. The first-order chi connectivity index (χ1) is 19.6. The van der Waals surface area contributed by atoms with E-state index in [-0.39, 0.29) is 23.0 Å². The van der Waals surface area contributed by atoms with Crippen LogP contribution in [-0.4, -0.2) is 51.4 Å². The van der Waals surface area contributed by atoms with Crippen molar-refractivity contribution in [2.75, 3.05) is 24.5 Å². The van der Waals surface area contributed by atoms with Gasteiger partial charge in [0.2, 0.25) is 11.8 Å². The van der Waals surface area contributed by atoms with E-state index in [0.29, 0.717) is 29.3 Å². The van der Waals surface area contributed by atoms with E-state index in [1.54, 1.807) is 31.2 Å². The van der Waals surface area contributed by atoms with E-state index in [9.17, 15) is 22.4 Å². The predicted octanol–water partition coefficient (Wildman–Crippen LogP) is 5.41. The average Bonchev–Trinajstić information content (AvgIpc) is 2.97. The first-order valence-corrected chi connectivity index (χ1v) is 15.2. The summed E-state index contributed by atoms with van der Waals surface area (Å²) in [7, 11) is -2.82. The number of methoxy groups -OCH3 is 1. The fourth-order valence-corrected chi connectivity index (χ4v) is 5.76. The van der Waals surface area contributed by atoms with Crippen LogP contribution in [0.5, 0.6) is 5.75 Å². The Kier molecular flexibility index (Phi) is 11.5. The molecule has 3 aromatic carbocycles. The number of nitrogens with one attached hydrogen (secondary N) is 1. The van der Waals surface area contributed by atoms with Gasteiger partial charge in [-0.3, -0.25) is 13.9 Å². The highest BCUT2D eigenvalue weighted by molar-refractivity contribution is 7.92.